The summed E-state index contributed by atoms with van der Waals surface area (Å²) in [6.45, 7) is 4.40. The second-order valence-electron chi connectivity index (χ2n) is 4.66. The van der Waals surface area contributed by atoms with Crippen LogP contribution in [-0.4, -0.2) is 34.5 Å². The molecule has 0 aliphatic rings. The lowest BCUT2D eigenvalue weighted by atomic mass is 10.2. The third kappa shape index (κ3) is 6.91. The Balaban J connectivity index is 2.20. The first-order chi connectivity index (χ1) is 9.26. The van der Waals surface area contributed by atoms with E-state index in [9.17, 15) is 4.79 Å². The summed E-state index contributed by atoms with van der Waals surface area (Å²) in [7, 11) is 1.88. The van der Waals surface area contributed by atoms with E-state index in [1.54, 1.807) is 0 Å². The monoisotopic (exact) mass is 267 g/mol. The molecule has 19 heavy (non-hydrogen) atoms. The van der Waals surface area contributed by atoms with Crippen molar-refractivity contribution in [2.45, 2.75) is 52.1 Å². The summed E-state index contributed by atoms with van der Waals surface area (Å²) < 4.78 is 1.85. The van der Waals surface area contributed by atoms with Crippen molar-refractivity contribution in [2.75, 3.05) is 13.6 Å². The Kier molecular flexibility index (Phi) is 7.81. The normalized spacial score (nSPS) is 10.6. The first-order valence-electron chi connectivity index (χ1n) is 7.06. The lowest BCUT2D eigenvalue weighted by molar-refractivity contribution is -0.121. The van der Waals surface area contributed by atoms with Crippen LogP contribution >= 0.6 is 0 Å². The molecule has 1 heterocycles. The molecule has 1 rings (SSSR count). The van der Waals surface area contributed by atoms with Gasteiger partial charge in [0.1, 0.15) is 5.69 Å². The Bertz CT molecular complexity index is 364. The van der Waals surface area contributed by atoms with Crippen LogP contribution in [0, 0.1) is 0 Å². The zero-order chi connectivity index (χ0) is 13.9. The number of aromatic nitrogens is 3. The van der Waals surface area contributed by atoms with Crippen LogP contribution in [0.2, 0.25) is 0 Å². The SMILES string of the molecule is CCCCCn1cc(CNC(=O)CCCNC)nn1. The standard InChI is InChI=1S/C13H25N5O/c1-3-4-5-9-18-11-12(16-17-18)10-15-13(19)7-6-8-14-2/h11,14H,3-10H2,1-2H3,(H,15,19). The van der Waals surface area contributed by atoms with Gasteiger partial charge in [0.2, 0.25) is 5.91 Å². The highest BCUT2D eigenvalue weighted by Crippen LogP contribution is 1.99. The smallest absolute Gasteiger partial charge is 0.220 e. The Morgan fingerprint density at radius 3 is 2.95 bits per heavy atom. The first-order valence-corrected chi connectivity index (χ1v) is 7.06. The van der Waals surface area contributed by atoms with E-state index in [4.69, 9.17) is 0 Å². The third-order valence-corrected chi connectivity index (χ3v) is 2.87. The van der Waals surface area contributed by atoms with Gasteiger partial charge < -0.3 is 10.6 Å². The van der Waals surface area contributed by atoms with Crippen molar-refractivity contribution in [3.63, 3.8) is 0 Å². The molecule has 0 atom stereocenters. The summed E-state index contributed by atoms with van der Waals surface area (Å²) >= 11 is 0. The Labute approximate surface area is 115 Å². The largest absolute Gasteiger partial charge is 0.350 e. The Morgan fingerprint density at radius 2 is 2.21 bits per heavy atom. The highest BCUT2D eigenvalue weighted by molar-refractivity contribution is 5.75. The van der Waals surface area contributed by atoms with Crippen LogP contribution in [0.4, 0.5) is 0 Å². The fraction of sp³-hybridized carbons (Fsp3) is 0.769. The molecule has 0 aromatic carbocycles. The quantitative estimate of drug-likeness (QED) is 0.622. The number of amides is 1. The lowest BCUT2D eigenvalue weighted by Crippen LogP contribution is -2.23. The van der Waals surface area contributed by atoms with Gasteiger partial charge in [0.05, 0.1) is 12.7 Å². The van der Waals surface area contributed by atoms with Gasteiger partial charge in [-0.05, 0) is 26.4 Å². The van der Waals surface area contributed by atoms with Gasteiger partial charge in [-0.1, -0.05) is 25.0 Å². The molecule has 0 aliphatic carbocycles. The Hall–Kier alpha value is -1.43. The molecule has 108 valence electrons. The van der Waals surface area contributed by atoms with Crippen molar-refractivity contribution in [3.8, 4) is 0 Å². The van der Waals surface area contributed by atoms with E-state index in [1.807, 2.05) is 17.9 Å². The van der Waals surface area contributed by atoms with Crippen LogP contribution in [0.25, 0.3) is 0 Å². The summed E-state index contributed by atoms with van der Waals surface area (Å²) in [6.07, 6.45) is 6.83. The van der Waals surface area contributed by atoms with Gasteiger partial charge in [-0.2, -0.15) is 0 Å². The molecule has 6 heteroatoms. The number of unbranched alkanes of at least 4 members (excludes halogenated alkanes) is 2. The molecule has 1 amide bonds. The number of carbonyl (C=O) groups excluding carboxylic acids is 1. The molecule has 0 fully saturated rings. The Morgan fingerprint density at radius 1 is 1.37 bits per heavy atom. The first kappa shape index (κ1) is 15.6. The van der Waals surface area contributed by atoms with Gasteiger partial charge in [0.25, 0.3) is 0 Å². The van der Waals surface area contributed by atoms with Crippen LogP contribution in [-0.2, 0) is 17.9 Å². The van der Waals surface area contributed by atoms with Gasteiger partial charge in [0, 0.05) is 13.0 Å². The molecule has 0 saturated heterocycles. The van der Waals surface area contributed by atoms with E-state index in [0.29, 0.717) is 13.0 Å². The van der Waals surface area contributed by atoms with Crippen molar-refractivity contribution in [1.82, 2.24) is 25.6 Å². The van der Waals surface area contributed by atoms with Gasteiger partial charge in [-0.25, -0.2) is 0 Å². The van der Waals surface area contributed by atoms with Gasteiger partial charge >= 0.3 is 0 Å². The van der Waals surface area contributed by atoms with E-state index in [0.717, 1.165) is 31.6 Å². The molecular formula is C13H25N5O. The predicted molar refractivity (Wildman–Crippen MR) is 74.6 cm³/mol. The predicted octanol–water partition coefficient (Wildman–Crippen LogP) is 1.08. The van der Waals surface area contributed by atoms with E-state index >= 15 is 0 Å². The van der Waals surface area contributed by atoms with Crippen LogP contribution in [0.3, 0.4) is 0 Å². The molecule has 0 unspecified atom stereocenters. The summed E-state index contributed by atoms with van der Waals surface area (Å²) in [6, 6.07) is 0. The van der Waals surface area contributed by atoms with Gasteiger partial charge in [0.15, 0.2) is 0 Å². The number of hydrogen-bond acceptors (Lipinski definition) is 4. The van der Waals surface area contributed by atoms with Crippen molar-refractivity contribution in [3.05, 3.63) is 11.9 Å². The number of carbonyl (C=O) groups is 1. The average molecular weight is 267 g/mol. The van der Waals surface area contributed by atoms with E-state index < -0.39 is 0 Å². The molecular weight excluding hydrogens is 242 g/mol. The zero-order valence-electron chi connectivity index (χ0n) is 12.0. The lowest BCUT2D eigenvalue weighted by Gasteiger charge is -2.02. The van der Waals surface area contributed by atoms with Gasteiger partial charge in [-0.15, -0.1) is 5.10 Å². The number of hydrogen-bond donors (Lipinski definition) is 2. The van der Waals surface area contributed by atoms with Crippen molar-refractivity contribution in [1.29, 1.82) is 0 Å². The molecule has 1 aromatic rings. The number of nitrogens with zero attached hydrogens (tertiary/aromatic N) is 3. The van der Waals surface area contributed by atoms with E-state index in [2.05, 4.69) is 27.9 Å². The van der Waals surface area contributed by atoms with E-state index in [1.165, 1.54) is 12.8 Å². The summed E-state index contributed by atoms with van der Waals surface area (Å²) in [5.41, 5.74) is 0.818. The number of rotatable bonds is 10. The maximum Gasteiger partial charge on any atom is 0.220 e. The minimum Gasteiger partial charge on any atom is -0.350 e. The van der Waals surface area contributed by atoms with Gasteiger partial charge in [-0.3, -0.25) is 9.48 Å². The molecule has 6 nitrogen and oxygen atoms in total. The highest BCUT2D eigenvalue weighted by atomic mass is 16.1. The molecule has 1 aromatic heterocycles. The second kappa shape index (κ2) is 9.49. The highest BCUT2D eigenvalue weighted by Gasteiger charge is 2.04. The van der Waals surface area contributed by atoms with Crippen LogP contribution in [0.5, 0.6) is 0 Å². The fourth-order valence-electron chi connectivity index (χ4n) is 1.76. The summed E-state index contributed by atoms with van der Waals surface area (Å²) in [4.78, 5) is 11.5. The number of nitrogens with one attached hydrogen (secondary N) is 2. The second-order valence-corrected chi connectivity index (χ2v) is 4.66. The minimum absolute atomic E-state index is 0.0655. The van der Waals surface area contributed by atoms with Crippen LogP contribution < -0.4 is 10.6 Å². The molecule has 0 spiro atoms. The molecule has 0 bridgehead atoms. The number of aryl methyl sites for hydroxylation is 1. The van der Waals surface area contributed by atoms with E-state index in [-0.39, 0.29) is 5.91 Å². The molecule has 0 saturated carbocycles. The molecule has 0 radical (unpaired) electrons. The van der Waals surface area contributed by atoms with Crippen molar-refractivity contribution >= 4 is 5.91 Å². The topological polar surface area (TPSA) is 71.8 Å². The fourth-order valence-corrected chi connectivity index (χ4v) is 1.76. The maximum absolute atomic E-state index is 11.5. The molecule has 2 N–H and O–H groups in total. The average Bonchev–Trinajstić information content (AvgIpc) is 2.85. The van der Waals surface area contributed by atoms with Crippen molar-refractivity contribution < 1.29 is 4.79 Å². The summed E-state index contributed by atoms with van der Waals surface area (Å²) in [5.74, 6) is 0.0655. The zero-order valence-corrected chi connectivity index (χ0v) is 12.0. The van der Waals surface area contributed by atoms with Crippen molar-refractivity contribution in [2.24, 2.45) is 0 Å². The third-order valence-electron chi connectivity index (χ3n) is 2.87. The summed E-state index contributed by atoms with van der Waals surface area (Å²) in [5, 5.41) is 14.0. The minimum atomic E-state index is 0.0655. The maximum atomic E-state index is 11.5. The molecule has 0 aliphatic heterocycles. The van der Waals surface area contributed by atoms with Crippen LogP contribution in [0.15, 0.2) is 6.20 Å². The van der Waals surface area contributed by atoms with Crippen LogP contribution in [0.1, 0.15) is 44.7 Å².